The van der Waals surface area contributed by atoms with Crippen LogP contribution in [0.5, 0.6) is 0 Å². The number of hydrogen-bond donors (Lipinski definition) is 1. The van der Waals surface area contributed by atoms with Crippen LogP contribution in [0.15, 0.2) is 103 Å². The van der Waals surface area contributed by atoms with Crippen LogP contribution in [0.1, 0.15) is 10.4 Å². The first-order valence-electron chi connectivity index (χ1n) is 6.75. The first-order valence-corrected chi connectivity index (χ1v) is 8.62. The van der Waals surface area contributed by atoms with E-state index in [1.54, 1.807) is 12.1 Å². The maximum Gasteiger partial charge on any atom is 0.229 e. The Balaban J connectivity index is 3.25. The highest BCUT2D eigenvalue weighted by Crippen LogP contribution is 2.13. The Hall–Kier alpha value is -1.97. The molecule has 0 aromatic heterocycles. The van der Waals surface area contributed by atoms with E-state index in [9.17, 15) is 4.79 Å². The van der Waals surface area contributed by atoms with Gasteiger partial charge in [-0.2, -0.15) is 0 Å². The predicted octanol–water partition coefficient (Wildman–Crippen LogP) is 5.78. The Morgan fingerprint density at radius 3 is 1.14 bits per heavy atom. The van der Waals surface area contributed by atoms with Crippen LogP contribution >= 0.6 is 22.5 Å². The van der Waals surface area contributed by atoms with Crippen LogP contribution in [0.4, 0.5) is 0 Å². The molecule has 0 aliphatic heterocycles. The van der Waals surface area contributed by atoms with Gasteiger partial charge in [-0.3, -0.25) is 4.79 Å². The molecule has 1 aromatic rings. The highest BCUT2D eigenvalue weighted by atomic mass is 33.1. The van der Waals surface area contributed by atoms with E-state index in [2.05, 4.69) is 11.7 Å². The minimum Gasteiger partial charge on any atom is -0.281 e. The molecule has 0 atom stereocenters. The Labute approximate surface area is 141 Å². The number of carbonyl (C=O) groups is 1. The number of thiol groups is 1. The molecule has 1 aromatic carbocycles. The van der Waals surface area contributed by atoms with Crippen molar-refractivity contribution < 1.29 is 4.79 Å². The molecule has 0 spiro atoms. The van der Waals surface area contributed by atoms with Gasteiger partial charge in [0.15, 0.2) is 0 Å². The van der Waals surface area contributed by atoms with Gasteiger partial charge in [0.05, 0.1) is 0 Å². The quantitative estimate of drug-likeness (QED) is 0.520. The maximum atomic E-state index is 11.7. The second-order valence-corrected chi connectivity index (χ2v) is 5.16. The highest BCUT2D eigenvalue weighted by molar-refractivity contribution is 8.75. The lowest BCUT2D eigenvalue weighted by Crippen LogP contribution is -1.86. The molecule has 0 heterocycles. The lowest BCUT2D eigenvalue weighted by molar-refractivity contribution is 0.109. The molecule has 0 unspecified atom stereocenters. The molecule has 3 heteroatoms. The van der Waals surface area contributed by atoms with E-state index in [1.165, 1.54) is 0 Å². The van der Waals surface area contributed by atoms with Crippen molar-refractivity contribution in [3.05, 3.63) is 109 Å². The van der Waals surface area contributed by atoms with E-state index < -0.39 is 0 Å². The lowest BCUT2D eigenvalue weighted by atomic mass is 10.3. The summed E-state index contributed by atoms with van der Waals surface area (Å²) in [5.74, 6) is 0. The Kier molecular flexibility index (Phi) is 10.5. The van der Waals surface area contributed by atoms with Gasteiger partial charge < -0.3 is 0 Å². The third kappa shape index (κ3) is 9.06. The van der Waals surface area contributed by atoms with E-state index >= 15 is 0 Å². The second kappa shape index (κ2) is 12.7. The summed E-state index contributed by atoms with van der Waals surface area (Å²) < 4.78 is 0. The van der Waals surface area contributed by atoms with Crippen molar-refractivity contribution in [2.75, 3.05) is 0 Å². The van der Waals surface area contributed by atoms with E-state index in [0.717, 1.165) is 10.8 Å². The lowest BCUT2D eigenvalue weighted by Gasteiger charge is -1.90. The van der Waals surface area contributed by atoms with Crippen molar-refractivity contribution in [2.24, 2.45) is 0 Å². The van der Waals surface area contributed by atoms with Gasteiger partial charge in [-0.15, -0.1) is 11.7 Å². The maximum absolute atomic E-state index is 11.7. The summed E-state index contributed by atoms with van der Waals surface area (Å²) in [6.45, 7) is 0. The Morgan fingerprint density at radius 2 is 0.864 bits per heavy atom. The summed E-state index contributed by atoms with van der Waals surface area (Å²) in [5, 5.41) is -0.0838. The summed E-state index contributed by atoms with van der Waals surface area (Å²) in [6.07, 6.45) is 0. The third-order valence-electron chi connectivity index (χ3n) is 2.43. The molecule has 0 N–H and O–H groups in total. The third-order valence-corrected chi connectivity index (χ3v) is 3.32. The van der Waals surface area contributed by atoms with Crippen molar-refractivity contribution >= 4 is 27.6 Å². The van der Waals surface area contributed by atoms with E-state index in [-0.39, 0.29) is 5.12 Å². The fourth-order valence-corrected chi connectivity index (χ4v) is 1.95. The monoisotopic (exact) mass is 326 g/mol. The Bertz CT molecular complexity index is 595. The van der Waals surface area contributed by atoms with E-state index in [1.807, 2.05) is 91.0 Å². The normalized spacial score (nSPS) is 8.59. The van der Waals surface area contributed by atoms with Gasteiger partial charge in [-0.05, 0) is 10.8 Å². The standard InChI is InChI=1S/C19H18OS2/c20-19(22-21)18-16-14-12-10-8-6-4-2-1-3-5-7-9-11-13-15-17-18/h1-17,21H. The van der Waals surface area contributed by atoms with Gasteiger partial charge in [-0.1, -0.05) is 103 Å². The van der Waals surface area contributed by atoms with Crippen LogP contribution < -0.4 is 0 Å². The summed E-state index contributed by atoms with van der Waals surface area (Å²) in [4.78, 5) is 11.7. The molecule has 1 nitrogen and oxygen atoms in total. The van der Waals surface area contributed by atoms with Gasteiger partial charge in [0.2, 0.25) is 5.12 Å². The number of rotatable bonds is 1. The first-order chi connectivity index (χ1) is 10.8. The van der Waals surface area contributed by atoms with Crippen molar-refractivity contribution in [3.63, 3.8) is 0 Å². The molecule has 22 heavy (non-hydrogen) atoms. The number of carbonyl (C=O) groups excluding carboxylic acids is 1. The highest BCUT2D eigenvalue weighted by Gasteiger charge is 1.99. The molecular formula is C19H18OS2. The average Bonchev–Trinajstić information content (AvgIpc) is 2.54. The zero-order chi connectivity index (χ0) is 15.9. The first kappa shape index (κ1) is 18.1. The molecule has 0 aliphatic rings. The molecule has 0 saturated carbocycles. The molecule has 1 rings (SSSR count). The van der Waals surface area contributed by atoms with E-state index in [0.29, 0.717) is 5.56 Å². The molecule has 0 radical (unpaired) electrons. The van der Waals surface area contributed by atoms with Gasteiger partial charge in [0, 0.05) is 5.56 Å². The summed E-state index contributed by atoms with van der Waals surface area (Å²) in [5.41, 5.74) is 0.595. The van der Waals surface area contributed by atoms with Crippen molar-refractivity contribution in [3.8, 4) is 0 Å². The minimum absolute atomic E-state index is 0.0838. The van der Waals surface area contributed by atoms with Crippen molar-refractivity contribution in [1.82, 2.24) is 0 Å². The topological polar surface area (TPSA) is 17.1 Å². The molecule has 0 bridgehead atoms. The molecule has 0 fully saturated rings. The number of hydrogen-bond acceptors (Lipinski definition) is 3. The zero-order valence-electron chi connectivity index (χ0n) is 12.1. The van der Waals surface area contributed by atoms with Gasteiger partial charge in [-0.25, -0.2) is 0 Å². The molecule has 0 amide bonds. The van der Waals surface area contributed by atoms with Crippen LogP contribution in [0.3, 0.4) is 0 Å². The van der Waals surface area contributed by atoms with Crippen molar-refractivity contribution in [2.45, 2.75) is 0 Å². The fraction of sp³-hybridized carbons (Fsp3) is 0. The molecule has 112 valence electrons. The van der Waals surface area contributed by atoms with Crippen LogP contribution in [-0.4, -0.2) is 5.12 Å². The Morgan fingerprint density at radius 1 is 0.591 bits per heavy atom. The van der Waals surface area contributed by atoms with Gasteiger partial charge in [0.1, 0.15) is 0 Å². The van der Waals surface area contributed by atoms with Crippen molar-refractivity contribution in [1.29, 1.82) is 0 Å². The largest absolute Gasteiger partial charge is 0.281 e. The summed E-state index contributed by atoms with van der Waals surface area (Å²) >= 11 is 3.96. The van der Waals surface area contributed by atoms with Crippen LogP contribution in [0, 0.1) is 0 Å². The van der Waals surface area contributed by atoms with Gasteiger partial charge in [0.25, 0.3) is 0 Å². The smallest absolute Gasteiger partial charge is 0.229 e. The van der Waals surface area contributed by atoms with Crippen LogP contribution in [0.25, 0.3) is 0 Å². The zero-order valence-corrected chi connectivity index (χ0v) is 13.8. The summed E-state index contributed by atoms with van der Waals surface area (Å²) in [7, 11) is 0.905. The van der Waals surface area contributed by atoms with Crippen LogP contribution in [-0.2, 0) is 0 Å². The van der Waals surface area contributed by atoms with Gasteiger partial charge >= 0.3 is 0 Å². The minimum atomic E-state index is -0.0838. The second-order valence-electron chi connectivity index (χ2n) is 4.05. The SMILES string of the molecule is O=C(SS)c1ccccccccccccccccc1. The molecular weight excluding hydrogens is 308 g/mol. The average molecular weight is 326 g/mol. The van der Waals surface area contributed by atoms with Crippen LogP contribution in [0.2, 0.25) is 0 Å². The molecule has 0 saturated heterocycles. The van der Waals surface area contributed by atoms with E-state index in [4.69, 9.17) is 0 Å². The fourth-order valence-electron chi connectivity index (χ4n) is 1.40. The summed E-state index contributed by atoms with van der Waals surface area (Å²) in [6, 6.07) is 32.3. The molecule has 0 aliphatic carbocycles. The predicted molar refractivity (Wildman–Crippen MR) is 100 cm³/mol.